The summed E-state index contributed by atoms with van der Waals surface area (Å²) in [6.07, 6.45) is 6.44. The van der Waals surface area contributed by atoms with Gasteiger partial charge in [-0.15, -0.1) is 6.58 Å². The molecule has 0 saturated carbocycles. The molecule has 1 fully saturated rings. The van der Waals surface area contributed by atoms with Gasteiger partial charge in [0.2, 0.25) is 0 Å². The molecule has 3 aromatic rings. The minimum Gasteiger partial charge on any atom is -0.378 e. The molecule has 2 unspecified atom stereocenters. The van der Waals surface area contributed by atoms with E-state index in [9.17, 15) is 17.6 Å². The van der Waals surface area contributed by atoms with Crippen LogP contribution in [-0.2, 0) is 11.2 Å². The Morgan fingerprint density at radius 1 is 0.800 bits per heavy atom. The first kappa shape index (κ1) is 25.2. The number of hydrogen-bond donors (Lipinski definition) is 0. The minimum absolute atomic E-state index is 0.129. The maximum atomic E-state index is 15.0. The average molecular weight is 483 g/mol. The van der Waals surface area contributed by atoms with Gasteiger partial charge in [-0.1, -0.05) is 54.6 Å². The first-order valence-corrected chi connectivity index (χ1v) is 12.2. The summed E-state index contributed by atoms with van der Waals surface area (Å²) in [7, 11) is 0. The van der Waals surface area contributed by atoms with Crippen LogP contribution in [0.2, 0.25) is 0 Å². The van der Waals surface area contributed by atoms with Gasteiger partial charge in [0.1, 0.15) is 0 Å². The summed E-state index contributed by atoms with van der Waals surface area (Å²) >= 11 is 0. The molecule has 1 aliphatic heterocycles. The smallest absolute Gasteiger partial charge is 0.166 e. The number of allylic oxidation sites excluding steroid dienone is 1. The quantitative estimate of drug-likeness (QED) is 0.177. The highest BCUT2D eigenvalue weighted by Crippen LogP contribution is 2.35. The van der Waals surface area contributed by atoms with E-state index in [0.29, 0.717) is 35.3 Å². The number of unbranched alkanes of at least 4 members (excludes halogenated alkanes) is 2. The largest absolute Gasteiger partial charge is 0.378 e. The van der Waals surface area contributed by atoms with Crippen molar-refractivity contribution in [2.45, 2.75) is 57.5 Å². The third-order valence-corrected chi connectivity index (χ3v) is 6.83. The molecule has 1 saturated heterocycles. The molecule has 184 valence electrons. The summed E-state index contributed by atoms with van der Waals surface area (Å²) in [5.41, 5.74) is 1.88. The highest BCUT2D eigenvalue weighted by Gasteiger charge is 2.25. The normalized spacial score (nSPS) is 18.0. The lowest BCUT2D eigenvalue weighted by molar-refractivity contribution is 0.0147. The molecular formula is C30H30F4O. The van der Waals surface area contributed by atoms with Crippen molar-refractivity contribution >= 4 is 0 Å². The van der Waals surface area contributed by atoms with Crippen molar-refractivity contribution in [3.8, 4) is 22.3 Å². The van der Waals surface area contributed by atoms with E-state index in [4.69, 9.17) is 4.74 Å². The SMILES string of the molecule is C=CCCCCc1ccc(-c2ccc(-c3ccc(C4CCC(C)OC4)c(F)c3F)cc2)c(F)c1F. The van der Waals surface area contributed by atoms with E-state index in [1.165, 1.54) is 0 Å². The first-order valence-electron chi connectivity index (χ1n) is 12.2. The van der Waals surface area contributed by atoms with E-state index in [2.05, 4.69) is 6.58 Å². The summed E-state index contributed by atoms with van der Waals surface area (Å²) in [6, 6.07) is 12.8. The fourth-order valence-corrected chi connectivity index (χ4v) is 4.67. The van der Waals surface area contributed by atoms with Crippen molar-refractivity contribution in [1.29, 1.82) is 0 Å². The number of ether oxygens (including phenoxy) is 1. The van der Waals surface area contributed by atoms with Gasteiger partial charge < -0.3 is 4.74 Å². The summed E-state index contributed by atoms with van der Waals surface area (Å²) in [6.45, 7) is 6.01. The van der Waals surface area contributed by atoms with Gasteiger partial charge in [0, 0.05) is 17.0 Å². The fraction of sp³-hybridized carbons (Fsp3) is 0.333. The predicted octanol–water partition coefficient (Wildman–Crippen LogP) is 8.76. The van der Waals surface area contributed by atoms with Crippen molar-refractivity contribution < 1.29 is 22.3 Å². The van der Waals surface area contributed by atoms with Crippen molar-refractivity contribution in [1.82, 2.24) is 0 Å². The van der Waals surface area contributed by atoms with E-state index in [0.717, 1.165) is 32.1 Å². The van der Waals surface area contributed by atoms with Crippen LogP contribution in [0.5, 0.6) is 0 Å². The average Bonchev–Trinajstić information content (AvgIpc) is 2.87. The molecule has 2 atom stereocenters. The summed E-state index contributed by atoms with van der Waals surface area (Å²) in [5, 5.41) is 0. The van der Waals surface area contributed by atoms with Gasteiger partial charge in [-0.2, -0.15) is 0 Å². The van der Waals surface area contributed by atoms with Gasteiger partial charge in [0.15, 0.2) is 23.3 Å². The lowest BCUT2D eigenvalue weighted by Gasteiger charge is -2.27. The van der Waals surface area contributed by atoms with Gasteiger partial charge in [-0.05, 0) is 67.7 Å². The summed E-state index contributed by atoms with van der Waals surface area (Å²) < 4.78 is 64.9. The molecule has 4 rings (SSSR count). The van der Waals surface area contributed by atoms with Crippen LogP contribution < -0.4 is 0 Å². The van der Waals surface area contributed by atoms with Gasteiger partial charge in [-0.3, -0.25) is 0 Å². The third-order valence-electron chi connectivity index (χ3n) is 6.83. The Hall–Kier alpha value is -2.92. The lowest BCUT2D eigenvalue weighted by atomic mass is 9.89. The number of hydrogen-bond acceptors (Lipinski definition) is 1. The Labute approximate surface area is 204 Å². The summed E-state index contributed by atoms with van der Waals surface area (Å²) in [4.78, 5) is 0. The van der Waals surface area contributed by atoms with Gasteiger partial charge in [0.05, 0.1) is 12.7 Å². The van der Waals surface area contributed by atoms with Crippen LogP contribution in [0.25, 0.3) is 22.3 Å². The van der Waals surface area contributed by atoms with E-state index in [1.807, 2.05) is 13.0 Å². The molecule has 0 bridgehead atoms. The Kier molecular flexibility index (Phi) is 8.07. The first-order chi connectivity index (χ1) is 16.9. The number of aryl methyl sites for hydroxylation is 1. The Morgan fingerprint density at radius 2 is 1.43 bits per heavy atom. The molecule has 0 aromatic heterocycles. The third kappa shape index (κ3) is 5.51. The van der Waals surface area contributed by atoms with Crippen LogP contribution in [0.15, 0.2) is 61.2 Å². The van der Waals surface area contributed by atoms with E-state index < -0.39 is 23.3 Å². The van der Waals surface area contributed by atoms with Crippen molar-refractivity contribution in [2.75, 3.05) is 6.61 Å². The van der Waals surface area contributed by atoms with Crippen molar-refractivity contribution in [2.24, 2.45) is 0 Å². The lowest BCUT2D eigenvalue weighted by Crippen LogP contribution is -2.23. The molecule has 1 heterocycles. The molecule has 3 aromatic carbocycles. The molecule has 35 heavy (non-hydrogen) atoms. The van der Waals surface area contributed by atoms with Crippen LogP contribution in [0, 0.1) is 23.3 Å². The Balaban J connectivity index is 1.54. The van der Waals surface area contributed by atoms with E-state index in [-0.39, 0.29) is 23.1 Å². The number of halogens is 4. The van der Waals surface area contributed by atoms with Crippen LogP contribution >= 0.6 is 0 Å². The zero-order valence-electron chi connectivity index (χ0n) is 19.9. The van der Waals surface area contributed by atoms with Crippen molar-refractivity contribution in [3.63, 3.8) is 0 Å². The highest BCUT2D eigenvalue weighted by atomic mass is 19.2. The Bertz CT molecular complexity index is 1180. The number of rotatable bonds is 8. The second-order valence-electron chi connectivity index (χ2n) is 9.26. The molecule has 0 amide bonds. The van der Waals surface area contributed by atoms with Gasteiger partial charge >= 0.3 is 0 Å². The highest BCUT2D eigenvalue weighted by molar-refractivity contribution is 5.71. The molecule has 5 heteroatoms. The van der Waals surface area contributed by atoms with Crippen molar-refractivity contribution in [3.05, 3.63) is 95.6 Å². The fourth-order valence-electron chi connectivity index (χ4n) is 4.67. The molecule has 0 aliphatic carbocycles. The van der Waals surface area contributed by atoms with Crippen LogP contribution in [0.1, 0.15) is 56.1 Å². The van der Waals surface area contributed by atoms with Gasteiger partial charge in [-0.25, -0.2) is 17.6 Å². The molecular weight excluding hydrogens is 452 g/mol. The Morgan fingerprint density at radius 3 is 2.03 bits per heavy atom. The van der Waals surface area contributed by atoms with E-state index in [1.54, 1.807) is 48.5 Å². The molecule has 0 radical (unpaired) electrons. The zero-order chi connectivity index (χ0) is 24.9. The minimum atomic E-state index is -0.910. The zero-order valence-corrected chi connectivity index (χ0v) is 19.9. The molecule has 0 N–H and O–H groups in total. The molecule has 0 spiro atoms. The van der Waals surface area contributed by atoms with Gasteiger partial charge in [0.25, 0.3) is 0 Å². The summed E-state index contributed by atoms with van der Waals surface area (Å²) in [5.74, 6) is -3.67. The van der Waals surface area contributed by atoms with Crippen LogP contribution in [0.3, 0.4) is 0 Å². The van der Waals surface area contributed by atoms with Crippen LogP contribution in [-0.4, -0.2) is 12.7 Å². The standard InChI is InChI=1S/C30H30F4O/c1-3-4-5-6-7-22-14-15-24(28(32)27(22)31)20-10-12-21(13-11-20)25-16-17-26(30(34)29(25)33)23-9-8-19(2)35-18-23/h3,10-17,19,23H,1,4-9,18H2,2H3. The van der Waals surface area contributed by atoms with E-state index >= 15 is 0 Å². The maximum absolute atomic E-state index is 15.0. The van der Waals surface area contributed by atoms with Crippen LogP contribution in [0.4, 0.5) is 17.6 Å². The second-order valence-corrected chi connectivity index (χ2v) is 9.26. The number of benzene rings is 3. The predicted molar refractivity (Wildman–Crippen MR) is 132 cm³/mol. The second kappa shape index (κ2) is 11.2. The molecule has 1 aliphatic rings. The monoisotopic (exact) mass is 482 g/mol. The molecule has 1 nitrogen and oxygen atoms in total. The maximum Gasteiger partial charge on any atom is 0.166 e. The topological polar surface area (TPSA) is 9.23 Å².